The van der Waals surface area contributed by atoms with Crippen molar-refractivity contribution in [3.05, 3.63) is 108 Å². The highest BCUT2D eigenvalue weighted by Crippen LogP contribution is 2.39. The molecule has 8 heteroatoms. The van der Waals surface area contributed by atoms with E-state index in [1.807, 2.05) is 37.3 Å². The number of furan rings is 1. The van der Waals surface area contributed by atoms with Gasteiger partial charge in [0.25, 0.3) is 0 Å². The van der Waals surface area contributed by atoms with Crippen LogP contribution in [0.3, 0.4) is 0 Å². The van der Waals surface area contributed by atoms with Crippen LogP contribution < -0.4 is 23.7 Å². The first-order valence-electron chi connectivity index (χ1n) is 13.5. The summed E-state index contributed by atoms with van der Waals surface area (Å²) in [4.78, 5) is 26.4. The molecule has 43 heavy (non-hydrogen) atoms. The fraction of sp³-hybridized carbons (Fsp3) is 0.143. The molecule has 0 fully saturated rings. The van der Waals surface area contributed by atoms with Crippen molar-refractivity contribution in [2.24, 2.45) is 0 Å². The summed E-state index contributed by atoms with van der Waals surface area (Å²) in [7, 11) is 4.58. The molecule has 0 atom stereocenters. The molecule has 0 aliphatic rings. The second kappa shape index (κ2) is 13.0. The Hall–Kier alpha value is -5.50. The highest BCUT2D eigenvalue weighted by Gasteiger charge is 2.24. The van der Waals surface area contributed by atoms with E-state index in [1.54, 1.807) is 60.7 Å². The molecule has 0 bridgehead atoms. The number of hydrogen-bond donors (Lipinski definition) is 0. The molecular formula is C35H30O8. The summed E-state index contributed by atoms with van der Waals surface area (Å²) in [6.07, 6.45) is 3.10. The maximum absolute atomic E-state index is 13.6. The van der Waals surface area contributed by atoms with Crippen LogP contribution in [0.2, 0.25) is 0 Å². The SMILES string of the molecule is CCOc1ccc2oc(-c3ccccc3)c(C(=O)Oc3ccc(C(=O)/C=C/c4cc(OC)c(OC)c(OC)c4)cc3)c2c1. The van der Waals surface area contributed by atoms with Gasteiger partial charge in [-0.1, -0.05) is 36.4 Å². The predicted octanol–water partition coefficient (Wildman–Crippen LogP) is 7.64. The third-order valence-corrected chi connectivity index (χ3v) is 6.67. The summed E-state index contributed by atoms with van der Waals surface area (Å²) >= 11 is 0. The van der Waals surface area contributed by atoms with Crippen LogP contribution >= 0.6 is 0 Å². The van der Waals surface area contributed by atoms with Crippen LogP contribution in [-0.2, 0) is 0 Å². The minimum absolute atomic E-state index is 0.234. The zero-order valence-corrected chi connectivity index (χ0v) is 24.2. The molecule has 0 aliphatic carbocycles. The lowest BCUT2D eigenvalue weighted by Gasteiger charge is -2.12. The Morgan fingerprint density at radius 3 is 2.09 bits per heavy atom. The quantitative estimate of drug-likeness (QED) is 0.0683. The second-order valence-electron chi connectivity index (χ2n) is 9.33. The van der Waals surface area contributed by atoms with E-state index in [9.17, 15) is 9.59 Å². The van der Waals surface area contributed by atoms with E-state index in [-0.39, 0.29) is 17.1 Å². The van der Waals surface area contributed by atoms with Gasteiger partial charge in [0.05, 0.1) is 27.9 Å². The van der Waals surface area contributed by atoms with Crippen LogP contribution in [0.1, 0.15) is 33.2 Å². The minimum Gasteiger partial charge on any atom is -0.494 e. The van der Waals surface area contributed by atoms with Crippen molar-refractivity contribution in [1.29, 1.82) is 0 Å². The first-order valence-corrected chi connectivity index (χ1v) is 13.5. The number of esters is 1. The third-order valence-electron chi connectivity index (χ3n) is 6.67. The van der Waals surface area contributed by atoms with E-state index in [4.69, 9.17) is 28.1 Å². The molecule has 0 saturated carbocycles. The van der Waals surface area contributed by atoms with Gasteiger partial charge in [-0.3, -0.25) is 4.79 Å². The predicted molar refractivity (Wildman–Crippen MR) is 164 cm³/mol. The van der Waals surface area contributed by atoms with Crippen molar-refractivity contribution in [1.82, 2.24) is 0 Å². The molecule has 5 aromatic rings. The number of hydrogen-bond acceptors (Lipinski definition) is 8. The van der Waals surface area contributed by atoms with E-state index in [0.29, 0.717) is 57.5 Å². The van der Waals surface area contributed by atoms with Gasteiger partial charge < -0.3 is 28.1 Å². The Morgan fingerprint density at radius 2 is 1.47 bits per heavy atom. The van der Waals surface area contributed by atoms with Crippen molar-refractivity contribution < 1.29 is 37.7 Å². The second-order valence-corrected chi connectivity index (χ2v) is 9.33. The lowest BCUT2D eigenvalue weighted by Crippen LogP contribution is -2.09. The molecule has 0 unspecified atom stereocenters. The summed E-state index contributed by atoms with van der Waals surface area (Å²) < 4.78 is 33.6. The Bertz CT molecular complexity index is 1760. The van der Waals surface area contributed by atoms with Gasteiger partial charge in [0, 0.05) is 16.5 Å². The monoisotopic (exact) mass is 578 g/mol. The molecule has 0 radical (unpaired) electrons. The van der Waals surface area contributed by atoms with Crippen LogP contribution in [-0.4, -0.2) is 39.7 Å². The minimum atomic E-state index is -0.590. The zero-order valence-electron chi connectivity index (χ0n) is 24.2. The van der Waals surface area contributed by atoms with Crippen molar-refractivity contribution in [2.75, 3.05) is 27.9 Å². The van der Waals surface area contributed by atoms with Crippen LogP contribution in [0, 0.1) is 0 Å². The number of fused-ring (bicyclic) bond motifs is 1. The van der Waals surface area contributed by atoms with Gasteiger partial charge in [-0.2, -0.15) is 0 Å². The molecule has 4 aromatic carbocycles. The van der Waals surface area contributed by atoms with Crippen LogP contribution in [0.4, 0.5) is 0 Å². The lowest BCUT2D eigenvalue weighted by atomic mass is 10.1. The molecule has 1 aromatic heterocycles. The molecule has 0 amide bonds. The van der Waals surface area contributed by atoms with Crippen molar-refractivity contribution in [3.8, 4) is 40.1 Å². The number of benzene rings is 4. The number of carbonyl (C=O) groups is 2. The van der Waals surface area contributed by atoms with Gasteiger partial charge in [0.1, 0.15) is 28.4 Å². The molecule has 0 aliphatic heterocycles. The number of methoxy groups -OCH3 is 3. The highest BCUT2D eigenvalue weighted by atomic mass is 16.5. The number of carbonyl (C=O) groups excluding carboxylic acids is 2. The Morgan fingerprint density at radius 1 is 0.791 bits per heavy atom. The molecule has 218 valence electrons. The van der Waals surface area contributed by atoms with Gasteiger partial charge >= 0.3 is 5.97 Å². The van der Waals surface area contributed by atoms with Gasteiger partial charge in [-0.15, -0.1) is 0 Å². The first-order chi connectivity index (χ1) is 20.9. The maximum Gasteiger partial charge on any atom is 0.348 e. The molecule has 8 nitrogen and oxygen atoms in total. The third kappa shape index (κ3) is 6.23. The summed E-state index contributed by atoms with van der Waals surface area (Å²) in [5.41, 5.74) is 2.68. The van der Waals surface area contributed by atoms with E-state index in [2.05, 4.69) is 0 Å². The number of ketones is 1. The molecule has 0 N–H and O–H groups in total. The average Bonchev–Trinajstić information content (AvgIpc) is 3.43. The maximum atomic E-state index is 13.6. The normalized spacial score (nSPS) is 11.0. The standard InChI is InChI=1S/C35H30O8/c1-5-41-26-16-18-29-27(21-26)32(33(43-29)24-9-7-6-8-10-24)35(37)42-25-14-12-23(13-15-25)28(36)17-11-22-19-30(38-2)34(40-4)31(20-22)39-3/h6-21H,5H2,1-4H3/b17-11+. The summed E-state index contributed by atoms with van der Waals surface area (Å²) in [6.45, 7) is 2.37. The van der Waals surface area contributed by atoms with Gasteiger partial charge in [0.15, 0.2) is 17.3 Å². The van der Waals surface area contributed by atoms with E-state index < -0.39 is 5.97 Å². The van der Waals surface area contributed by atoms with Gasteiger partial charge in [-0.05, 0) is 73.2 Å². The van der Waals surface area contributed by atoms with Gasteiger partial charge in [0.2, 0.25) is 5.75 Å². The molecule has 5 rings (SSSR count). The fourth-order valence-electron chi connectivity index (χ4n) is 4.64. The number of ether oxygens (including phenoxy) is 5. The highest BCUT2D eigenvalue weighted by molar-refractivity contribution is 6.10. The van der Waals surface area contributed by atoms with E-state index in [0.717, 1.165) is 5.56 Å². The molecule has 0 spiro atoms. The molecular weight excluding hydrogens is 548 g/mol. The van der Waals surface area contributed by atoms with Crippen molar-refractivity contribution >= 4 is 28.8 Å². The largest absolute Gasteiger partial charge is 0.494 e. The van der Waals surface area contributed by atoms with Crippen LogP contribution in [0.15, 0.2) is 95.4 Å². The lowest BCUT2D eigenvalue weighted by molar-refractivity contribution is 0.0737. The average molecular weight is 579 g/mol. The van der Waals surface area contributed by atoms with Crippen molar-refractivity contribution in [3.63, 3.8) is 0 Å². The molecule has 1 heterocycles. The van der Waals surface area contributed by atoms with Crippen LogP contribution in [0.5, 0.6) is 28.7 Å². The number of rotatable bonds is 11. The van der Waals surface area contributed by atoms with E-state index >= 15 is 0 Å². The first kappa shape index (κ1) is 29.0. The molecule has 0 saturated heterocycles. The number of allylic oxidation sites excluding steroid dienone is 1. The van der Waals surface area contributed by atoms with E-state index in [1.165, 1.54) is 27.4 Å². The smallest absolute Gasteiger partial charge is 0.348 e. The fourth-order valence-corrected chi connectivity index (χ4v) is 4.64. The topological polar surface area (TPSA) is 93.4 Å². The van der Waals surface area contributed by atoms with Crippen molar-refractivity contribution in [2.45, 2.75) is 6.92 Å². The Balaban J connectivity index is 1.37. The Kier molecular flexibility index (Phi) is 8.77. The van der Waals surface area contributed by atoms with Crippen LogP contribution in [0.25, 0.3) is 28.4 Å². The summed E-state index contributed by atoms with van der Waals surface area (Å²) in [5.74, 6) is 1.90. The van der Waals surface area contributed by atoms with Gasteiger partial charge in [-0.25, -0.2) is 4.79 Å². The summed E-state index contributed by atoms with van der Waals surface area (Å²) in [5, 5.41) is 0.582. The zero-order chi connectivity index (χ0) is 30.3. The summed E-state index contributed by atoms with van der Waals surface area (Å²) in [6, 6.07) is 24.5. The Labute approximate surface area is 249 Å².